The summed E-state index contributed by atoms with van der Waals surface area (Å²) in [6, 6.07) is 14.2. The van der Waals surface area contributed by atoms with Crippen molar-refractivity contribution >= 4 is 51.2 Å². The molecule has 0 unspecified atom stereocenters. The number of anilines is 3. The van der Waals surface area contributed by atoms with Crippen LogP contribution in [0.15, 0.2) is 73.0 Å². The first-order valence-electron chi connectivity index (χ1n) is 14.8. The Hall–Kier alpha value is -4.14. The number of hydrogen-bond donors (Lipinski definition) is 4. The van der Waals surface area contributed by atoms with Crippen molar-refractivity contribution in [2.75, 3.05) is 23.7 Å². The van der Waals surface area contributed by atoms with Gasteiger partial charge in [0.05, 0.1) is 38.6 Å². The van der Waals surface area contributed by atoms with E-state index in [1.54, 1.807) is 12.3 Å². The maximum absolute atomic E-state index is 13.8. The smallest absolute Gasteiger partial charge is 0.141 e. The Morgan fingerprint density at radius 1 is 1.07 bits per heavy atom. The Kier molecular flexibility index (Phi) is 8.71. The fourth-order valence-electron chi connectivity index (χ4n) is 5.84. The van der Waals surface area contributed by atoms with Crippen molar-refractivity contribution in [3.8, 4) is 6.07 Å². The molecule has 0 spiro atoms. The summed E-state index contributed by atoms with van der Waals surface area (Å²) in [7, 11) is 0. The molecule has 0 amide bonds. The summed E-state index contributed by atoms with van der Waals surface area (Å²) in [5.74, 6) is -0.531. The van der Waals surface area contributed by atoms with Crippen LogP contribution in [0.4, 0.5) is 21.5 Å². The van der Waals surface area contributed by atoms with Crippen LogP contribution in [0, 0.1) is 17.1 Å². The second kappa shape index (κ2) is 12.7. The van der Waals surface area contributed by atoms with E-state index in [-0.39, 0.29) is 16.6 Å². The molecule has 0 bridgehead atoms. The molecule has 1 atom stereocenters. The Morgan fingerprint density at radius 3 is 2.53 bits per heavy atom. The first kappa shape index (κ1) is 30.9. The lowest BCUT2D eigenvalue weighted by atomic mass is 9.98. The average molecular weight is 647 g/mol. The zero-order valence-electron chi connectivity index (χ0n) is 25.2. The van der Waals surface area contributed by atoms with Crippen molar-refractivity contribution in [3.05, 3.63) is 99.9 Å². The zero-order valence-corrected chi connectivity index (χ0v) is 26.7. The van der Waals surface area contributed by atoms with Gasteiger partial charge < -0.3 is 16.1 Å². The number of piperidine rings is 1. The molecule has 0 saturated carbocycles. The maximum atomic E-state index is 13.8. The SMILES string of the molecule is CC(C)(C)N1CCC(N2C=C([C@@H](Nc3cc(Cl)c4ncc(C#N)c(Nc5ccc(F)c(Cl)c5)c4c3)c3cccnc3)NN2)CC1. The molecule has 2 aliphatic heterocycles. The Labute approximate surface area is 272 Å². The van der Waals surface area contributed by atoms with Crippen LogP contribution in [0.5, 0.6) is 0 Å². The summed E-state index contributed by atoms with van der Waals surface area (Å²) in [6.07, 6.45) is 9.24. The molecule has 4 N–H and O–H groups in total. The number of aromatic nitrogens is 2. The van der Waals surface area contributed by atoms with Crippen LogP contribution in [0.3, 0.4) is 0 Å². The van der Waals surface area contributed by atoms with E-state index in [4.69, 9.17) is 23.2 Å². The summed E-state index contributed by atoms with van der Waals surface area (Å²) in [6.45, 7) is 8.86. The van der Waals surface area contributed by atoms with E-state index in [2.05, 4.69) is 74.5 Å². The van der Waals surface area contributed by atoms with Gasteiger partial charge in [-0.2, -0.15) is 5.26 Å². The lowest BCUT2D eigenvalue weighted by molar-refractivity contribution is 0.0570. The van der Waals surface area contributed by atoms with Gasteiger partial charge in [-0.25, -0.2) is 4.39 Å². The molecule has 232 valence electrons. The Balaban J connectivity index is 1.33. The third kappa shape index (κ3) is 6.63. The number of pyridine rings is 2. The third-order valence-electron chi connectivity index (χ3n) is 8.29. The fraction of sp³-hybridized carbons (Fsp3) is 0.303. The van der Waals surface area contributed by atoms with E-state index in [0.717, 1.165) is 37.2 Å². The number of likely N-dealkylation sites (tertiary alicyclic amines) is 1. The Morgan fingerprint density at radius 2 is 1.84 bits per heavy atom. The molecule has 9 nitrogen and oxygen atoms in total. The number of nitrogens with zero attached hydrogens (tertiary/aromatic N) is 5. The van der Waals surface area contributed by atoms with E-state index >= 15 is 0 Å². The summed E-state index contributed by atoms with van der Waals surface area (Å²) in [4.78, 5) is 11.4. The average Bonchev–Trinajstić information content (AvgIpc) is 3.52. The van der Waals surface area contributed by atoms with Crippen LogP contribution in [0.25, 0.3) is 10.9 Å². The molecule has 2 aliphatic rings. The predicted molar refractivity (Wildman–Crippen MR) is 177 cm³/mol. The molecule has 2 aromatic carbocycles. The van der Waals surface area contributed by atoms with Crippen LogP contribution in [-0.4, -0.2) is 44.5 Å². The van der Waals surface area contributed by atoms with Crippen molar-refractivity contribution in [2.24, 2.45) is 0 Å². The molecule has 4 heterocycles. The van der Waals surface area contributed by atoms with Gasteiger partial charge in [0.15, 0.2) is 0 Å². The highest BCUT2D eigenvalue weighted by molar-refractivity contribution is 6.36. The molecular weight excluding hydrogens is 612 g/mol. The monoisotopic (exact) mass is 645 g/mol. The van der Waals surface area contributed by atoms with Crippen molar-refractivity contribution in [1.29, 1.82) is 5.26 Å². The van der Waals surface area contributed by atoms with E-state index in [0.29, 0.717) is 44.6 Å². The Bertz CT molecular complexity index is 1780. The van der Waals surface area contributed by atoms with Crippen LogP contribution in [-0.2, 0) is 0 Å². The van der Waals surface area contributed by atoms with Crippen LogP contribution in [0.1, 0.15) is 50.8 Å². The molecule has 0 aliphatic carbocycles. The van der Waals surface area contributed by atoms with Gasteiger partial charge in [0, 0.05) is 66.2 Å². The van der Waals surface area contributed by atoms with Gasteiger partial charge in [0.2, 0.25) is 0 Å². The van der Waals surface area contributed by atoms with Gasteiger partial charge in [0.25, 0.3) is 0 Å². The number of hydrazine groups is 2. The summed E-state index contributed by atoms with van der Waals surface area (Å²) >= 11 is 12.8. The zero-order chi connectivity index (χ0) is 31.7. The van der Waals surface area contributed by atoms with Crippen molar-refractivity contribution in [3.63, 3.8) is 0 Å². The minimum absolute atomic E-state index is 0.0312. The lowest BCUT2D eigenvalue weighted by Gasteiger charge is -2.42. The summed E-state index contributed by atoms with van der Waals surface area (Å²) in [5.41, 5.74) is 11.3. The second-order valence-electron chi connectivity index (χ2n) is 12.2. The van der Waals surface area contributed by atoms with Crippen molar-refractivity contribution in [1.82, 2.24) is 30.8 Å². The van der Waals surface area contributed by atoms with Gasteiger partial charge >= 0.3 is 0 Å². The second-order valence-corrected chi connectivity index (χ2v) is 13.1. The third-order valence-corrected chi connectivity index (χ3v) is 8.87. The van der Waals surface area contributed by atoms with Gasteiger partial charge in [-0.1, -0.05) is 29.3 Å². The van der Waals surface area contributed by atoms with Gasteiger partial charge in [0.1, 0.15) is 11.9 Å². The van der Waals surface area contributed by atoms with Crippen LogP contribution in [0.2, 0.25) is 10.0 Å². The minimum Gasteiger partial charge on any atom is -0.373 e. The van der Waals surface area contributed by atoms with Gasteiger partial charge in [-0.15, -0.1) is 5.53 Å². The van der Waals surface area contributed by atoms with Gasteiger partial charge in [-0.3, -0.25) is 19.9 Å². The predicted octanol–water partition coefficient (Wildman–Crippen LogP) is 7.27. The topological polar surface area (TPSA) is 104 Å². The van der Waals surface area contributed by atoms with Crippen molar-refractivity contribution < 1.29 is 4.39 Å². The normalized spacial score (nSPS) is 16.6. The number of benzene rings is 2. The first-order chi connectivity index (χ1) is 21.6. The molecular formula is C33H34Cl2FN9. The quantitative estimate of drug-likeness (QED) is 0.165. The number of rotatable bonds is 7. The summed E-state index contributed by atoms with van der Waals surface area (Å²) < 4.78 is 13.8. The van der Waals surface area contributed by atoms with Crippen molar-refractivity contribution in [2.45, 2.75) is 51.2 Å². The van der Waals surface area contributed by atoms with E-state index in [1.807, 2.05) is 30.5 Å². The fourth-order valence-corrected chi connectivity index (χ4v) is 6.29. The van der Waals surface area contributed by atoms with E-state index in [9.17, 15) is 9.65 Å². The standard InChI is InChI=1S/C33H34Cl2FN9/c1-33(2,3)44-11-8-24(9-12-44)45-19-29(42-43-45)31(20-5-4-10-38-17-20)41-23-13-25-30(40-22-6-7-28(36)26(34)14-22)21(16-37)18-39-32(25)27(35)15-23/h4-7,10,13-15,17-19,24,31,41-43H,8-9,11-12H2,1-3H3,(H,39,40)/t31-/m0/s1. The molecule has 0 radical (unpaired) electrons. The highest BCUT2D eigenvalue weighted by Gasteiger charge is 2.32. The van der Waals surface area contributed by atoms with Gasteiger partial charge in [-0.05, 0) is 75.6 Å². The first-order valence-corrected chi connectivity index (χ1v) is 15.5. The highest BCUT2D eigenvalue weighted by atomic mass is 35.5. The molecule has 1 saturated heterocycles. The molecule has 2 aromatic heterocycles. The number of hydrogen-bond acceptors (Lipinski definition) is 9. The minimum atomic E-state index is -0.531. The lowest BCUT2D eigenvalue weighted by Crippen LogP contribution is -2.52. The van der Waals surface area contributed by atoms with Crippen LogP contribution < -0.4 is 21.6 Å². The largest absolute Gasteiger partial charge is 0.373 e. The molecule has 45 heavy (non-hydrogen) atoms. The molecule has 6 rings (SSSR count). The molecule has 1 fully saturated rings. The highest BCUT2D eigenvalue weighted by Crippen LogP contribution is 2.37. The van der Waals surface area contributed by atoms with Crippen LogP contribution >= 0.6 is 23.2 Å². The molecule has 12 heteroatoms. The number of fused-ring (bicyclic) bond motifs is 1. The van der Waals surface area contributed by atoms with E-state index in [1.165, 1.54) is 18.3 Å². The van der Waals surface area contributed by atoms with E-state index < -0.39 is 5.82 Å². The summed E-state index contributed by atoms with van der Waals surface area (Å²) in [5, 5.41) is 19.9. The number of nitrogens with one attached hydrogen (secondary N) is 4. The maximum Gasteiger partial charge on any atom is 0.141 e. The number of halogens is 3. The molecule has 4 aromatic rings. The number of nitriles is 1.